The van der Waals surface area contributed by atoms with Gasteiger partial charge in [-0.25, -0.2) is 9.97 Å². The Morgan fingerprint density at radius 2 is 1.52 bits per heavy atom. The van der Waals surface area contributed by atoms with Crippen molar-refractivity contribution in [1.82, 2.24) is 9.97 Å². The number of carbonyl (C=O) groups excluding carboxylic acids is 1. The Balaban J connectivity index is 0.000000146. The fourth-order valence-electron chi connectivity index (χ4n) is 2.96. The summed E-state index contributed by atoms with van der Waals surface area (Å²) in [5.41, 5.74) is 3.75. The minimum atomic E-state index is -0.493. The molecule has 7 heteroatoms. The lowest BCUT2D eigenvalue weighted by Crippen LogP contribution is -2.26. The van der Waals surface area contributed by atoms with E-state index in [1.165, 1.54) is 5.56 Å². The van der Waals surface area contributed by atoms with E-state index in [2.05, 4.69) is 34.4 Å². The van der Waals surface area contributed by atoms with Crippen molar-refractivity contribution in [2.24, 2.45) is 0 Å². The van der Waals surface area contributed by atoms with Crippen LogP contribution in [0.5, 0.6) is 0 Å². The summed E-state index contributed by atoms with van der Waals surface area (Å²) in [5, 5.41) is 7.03. The van der Waals surface area contributed by atoms with Crippen molar-refractivity contribution in [2.75, 3.05) is 17.2 Å². The monoisotopic (exact) mass is 378 g/mol. The Kier molecular flexibility index (Phi) is 4.41. The number of rotatable bonds is 0. The molecule has 0 atom stereocenters. The molecule has 2 aliphatic rings. The van der Waals surface area contributed by atoms with Crippen LogP contribution < -0.4 is 10.6 Å². The van der Waals surface area contributed by atoms with Crippen LogP contribution in [0.15, 0.2) is 24.5 Å². The lowest BCUT2D eigenvalue weighted by molar-refractivity contribution is -0.119. The van der Waals surface area contributed by atoms with Gasteiger partial charge in [-0.2, -0.15) is 0 Å². The predicted octanol–water partition coefficient (Wildman–Crippen LogP) is 4.40. The van der Waals surface area contributed by atoms with Gasteiger partial charge >= 0.3 is 0 Å². The van der Waals surface area contributed by atoms with Crippen molar-refractivity contribution in [2.45, 2.75) is 38.5 Å². The molecule has 1 amide bonds. The molecule has 0 aromatic carbocycles. The minimum absolute atomic E-state index is 0.00781. The van der Waals surface area contributed by atoms with Crippen LogP contribution in [-0.4, -0.2) is 22.4 Å². The second kappa shape index (κ2) is 6.15. The smallest absolute Gasteiger partial charge is 0.234 e. The molecule has 25 heavy (non-hydrogen) atoms. The highest BCUT2D eigenvalue weighted by Gasteiger charge is 2.38. The zero-order valence-electron chi connectivity index (χ0n) is 14.6. The molecule has 2 aliphatic heterocycles. The molecule has 0 fully saturated rings. The molecule has 0 saturated carbocycles. The molecule has 0 aliphatic carbocycles. The number of amides is 1. The number of nitrogens with one attached hydrogen (secondary N) is 2. The second-order valence-electron chi connectivity index (χ2n) is 7.42. The molecule has 5 nitrogen and oxygen atoms in total. The van der Waals surface area contributed by atoms with E-state index in [1.54, 1.807) is 12.3 Å². The minimum Gasteiger partial charge on any atom is -0.384 e. The lowest BCUT2D eigenvalue weighted by atomic mass is 9.87. The highest BCUT2D eigenvalue weighted by atomic mass is 35.5. The van der Waals surface area contributed by atoms with Gasteiger partial charge in [-0.15, -0.1) is 0 Å². The van der Waals surface area contributed by atoms with Crippen molar-refractivity contribution in [3.05, 3.63) is 46.0 Å². The van der Waals surface area contributed by atoms with Crippen molar-refractivity contribution in [3.63, 3.8) is 0 Å². The van der Waals surface area contributed by atoms with Crippen LogP contribution in [-0.2, 0) is 15.6 Å². The highest BCUT2D eigenvalue weighted by Crippen LogP contribution is 2.37. The van der Waals surface area contributed by atoms with Gasteiger partial charge in [0.1, 0.15) is 10.3 Å². The number of anilines is 2. The molecule has 0 radical (unpaired) electrons. The molecule has 2 aromatic rings. The maximum atomic E-state index is 11.5. The second-order valence-corrected chi connectivity index (χ2v) is 8.20. The fraction of sp³-hybridized carbons (Fsp3) is 0.389. The van der Waals surface area contributed by atoms with Crippen molar-refractivity contribution < 1.29 is 4.79 Å². The van der Waals surface area contributed by atoms with Crippen LogP contribution in [0.4, 0.5) is 11.4 Å². The normalized spacial score (nSPS) is 18.4. The Hall–Kier alpha value is -1.85. The number of pyridine rings is 2. The van der Waals surface area contributed by atoms with E-state index in [9.17, 15) is 4.79 Å². The van der Waals surface area contributed by atoms with E-state index in [0.29, 0.717) is 10.3 Å². The standard InChI is InChI=1S/C9H9ClN2O.C9H11ClN2/c1-9(2)5-4-11-7(10)3-6(5)12-8(9)13;1-9(2)5-12-7-3-8(10)11-4-6(7)9/h3-4H,1-2H3,(H,12,13);3-4,12H,5H2,1-2H3. The maximum absolute atomic E-state index is 11.5. The van der Waals surface area contributed by atoms with Crippen LogP contribution in [0.1, 0.15) is 38.8 Å². The Labute approximate surface area is 157 Å². The average Bonchev–Trinajstić information content (AvgIpc) is 2.93. The topological polar surface area (TPSA) is 66.9 Å². The molecule has 4 rings (SSSR count). The SMILES string of the molecule is CC1(C)C(=O)Nc2cc(Cl)ncc21.CC1(C)CNc2cc(Cl)ncc21. The quantitative estimate of drug-likeness (QED) is 0.666. The van der Waals surface area contributed by atoms with Crippen LogP contribution in [0.3, 0.4) is 0 Å². The zero-order valence-corrected chi connectivity index (χ0v) is 16.1. The van der Waals surface area contributed by atoms with E-state index in [4.69, 9.17) is 23.2 Å². The highest BCUT2D eigenvalue weighted by molar-refractivity contribution is 6.30. The summed E-state index contributed by atoms with van der Waals surface area (Å²) in [4.78, 5) is 19.5. The van der Waals surface area contributed by atoms with Crippen LogP contribution in [0, 0.1) is 0 Å². The molecular formula is C18H20Cl2N4O. The third-order valence-electron chi connectivity index (χ3n) is 4.68. The lowest BCUT2D eigenvalue weighted by Gasteiger charge is -2.15. The van der Waals surface area contributed by atoms with Crippen LogP contribution >= 0.6 is 23.2 Å². The number of carbonyl (C=O) groups is 1. The van der Waals surface area contributed by atoms with Crippen molar-refractivity contribution in [1.29, 1.82) is 0 Å². The van der Waals surface area contributed by atoms with Crippen LogP contribution in [0.2, 0.25) is 10.3 Å². The Morgan fingerprint density at radius 1 is 0.960 bits per heavy atom. The first-order valence-electron chi connectivity index (χ1n) is 7.98. The molecule has 2 N–H and O–H groups in total. The first-order chi connectivity index (χ1) is 11.6. The number of fused-ring (bicyclic) bond motifs is 2. The van der Waals surface area contributed by atoms with Gasteiger partial charge in [0, 0.05) is 46.9 Å². The number of aromatic nitrogens is 2. The van der Waals surface area contributed by atoms with Gasteiger partial charge in [0.15, 0.2) is 0 Å². The third-order valence-corrected chi connectivity index (χ3v) is 5.09. The van der Waals surface area contributed by atoms with E-state index in [-0.39, 0.29) is 11.3 Å². The van der Waals surface area contributed by atoms with Crippen molar-refractivity contribution >= 4 is 40.5 Å². The molecular weight excluding hydrogens is 359 g/mol. The maximum Gasteiger partial charge on any atom is 0.234 e. The summed E-state index contributed by atoms with van der Waals surface area (Å²) in [7, 11) is 0. The molecule has 0 bridgehead atoms. The Bertz CT molecular complexity index is 849. The zero-order chi connectivity index (χ0) is 18.4. The summed E-state index contributed by atoms with van der Waals surface area (Å²) in [5.74, 6) is -0.00781. The first kappa shape index (κ1) is 18.0. The van der Waals surface area contributed by atoms with Gasteiger partial charge < -0.3 is 10.6 Å². The molecule has 132 valence electrons. The van der Waals surface area contributed by atoms with E-state index in [1.807, 2.05) is 26.1 Å². The van der Waals surface area contributed by atoms with E-state index >= 15 is 0 Å². The molecule has 4 heterocycles. The third kappa shape index (κ3) is 3.31. The van der Waals surface area contributed by atoms with Gasteiger partial charge in [0.25, 0.3) is 0 Å². The van der Waals surface area contributed by atoms with Crippen LogP contribution in [0.25, 0.3) is 0 Å². The predicted molar refractivity (Wildman–Crippen MR) is 102 cm³/mol. The summed E-state index contributed by atoms with van der Waals surface area (Å²) < 4.78 is 0. The van der Waals surface area contributed by atoms with Gasteiger partial charge in [0.05, 0.1) is 5.41 Å². The largest absolute Gasteiger partial charge is 0.384 e. The Morgan fingerprint density at radius 3 is 2.16 bits per heavy atom. The van der Waals surface area contributed by atoms with Gasteiger partial charge in [-0.05, 0) is 26.0 Å². The number of hydrogen-bond donors (Lipinski definition) is 2. The van der Waals surface area contributed by atoms with E-state index in [0.717, 1.165) is 23.5 Å². The molecule has 0 saturated heterocycles. The first-order valence-corrected chi connectivity index (χ1v) is 8.74. The van der Waals surface area contributed by atoms with Gasteiger partial charge in [-0.1, -0.05) is 37.0 Å². The summed E-state index contributed by atoms with van der Waals surface area (Å²) in [6.07, 6.45) is 3.51. The van der Waals surface area contributed by atoms with Gasteiger partial charge in [-0.3, -0.25) is 4.79 Å². The summed E-state index contributed by atoms with van der Waals surface area (Å²) in [6, 6.07) is 3.55. The molecule has 2 aromatic heterocycles. The number of nitrogens with zero attached hydrogens (tertiary/aromatic N) is 2. The van der Waals surface area contributed by atoms with Crippen molar-refractivity contribution in [3.8, 4) is 0 Å². The number of halogens is 2. The van der Waals surface area contributed by atoms with E-state index < -0.39 is 5.41 Å². The molecule has 0 unspecified atom stereocenters. The summed E-state index contributed by atoms with van der Waals surface area (Å²) in [6.45, 7) is 9.08. The van der Waals surface area contributed by atoms with Gasteiger partial charge in [0.2, 0.25) is 5.91 Å². The summed E-state index contributed by atoms with van der Waals surface area (Å²) >= 11 is 11.5. The fourth-order valence-corrected chi connectivity index (χ4v) is 3.27. The number of hydrogen-bond acceptors (Lipinski definition) is 4. The molecule has 0 spiro atoms. The average molecular weight is 379 g/mol.